The maximum Gasteiger partial charge on any atom is 0.249 e. The van der Waals surface area contributed by atoms with E-state index in [2.05, 4.69) is 17.1 Å². The van der Waals surface area contributed by atoms with Gasteiger partial charge in [0.05, 0.1) is 6.10 Å². The van der Waals surface area contributed by atoms with Crippen molar-refractivity contribution in [1.82, 2.24) is 10.2 Å². The Hall–Kier alpha value is -0.650. The zero-order valence-electron chi connectivity index (χ0n) is 11.9. The van der Waals surface area contributed by atoms with E-state index in [0.717, 1.165) is 44.9 Å². The Balaban J connectivity index is 1.61. The highest BCUT2D eigenvalue weighted by molar-refractivity contribution is 5.81. The van der Waals surface area contributed by atoms with Gasteiger partial charge in [-0.05, 0) is 38.1 Å². The smallest absolute Gasteiger partial charge is 0.249 e. The number of carbonyl (C=O) groups is 1. The third-order valence-electron chi connectivity index (χ3n) is 4.13. The van der Waals surface area contributed by atoms with E-state index >= 15 is 0 Å². The summed E-state index contributed by atoms with van der Waals surface area (Å²) < 4.78 is 5.58. The van der Waals surface area contributed by atoms with Crippen molar-refractivity contribution in [3.63, 3.8) is 0 Å². The van der Waals surface area contributed by atoms with Crippen LogP contribution >= 0.6 is 0 Å². The van der Waals surface area contributed by atoms with Gasteiger partial charge >= 0.3 is 0 Å². The summed E-state index contributed by atoms with van der Waals surface area (Å²) in [6.07, 6.45) is 4.10. The molecule has 0 radical (unpaired) electrons. The first kappa shape index (κ1) is 14.8. The Labute approximate surface area is 115 Å². The minimum Gasteiger partial charge on any atom is -0.364 e. The van der Waals surface area contributed by atoms with Gasteiger partial charge in [-0.2, -0.15) is 0 Å². The number of rotatable bonds is 5. The highest BCUT2D eigenvalue weighted by Crippen LogP contribution is 2.19. The van der Waals surface area contributed by atoms with E-state index in [-0.39, 0.29) is 18.1 Å². The number of piperidine rings is 1. The van der Waals surface area contributed by atoms with Crippen LogP contribution in [0, 0.1) is 5.92 Å². The summed E-state index contributed by atoms with van der Waals surface area (Å²) in [6, 6.07) is 0. The average molecular weight is 269 g/mol. The number of hydrogen-bond acceptors (Lipinski definition) is 4. The van der Waals surface area contributed by atoms with E-state index in [9.17, 15) is 4.79 Å². The number of carbonyl (C=O) groups excluding carboxylic acids is 1. The Kier molecular flexibility index (Phi) is 5.60. The molecule has 2 aliphatic heterocycles. The van der Waals surface area contributed by atoms with Crippen molar-refractivity contribution < 1.29 is 9.53 Å². The molecular formula is C14H27N3O2. The number of ether oxygens (including phenoxy) is 1. The Morgan fingerprint density at radius 1 is 1.42 bits per heavy atom. The Morgan fingerprint density at radius 3 is 2.95 bits per heavy atom. The number of hydrogen-bond donors (Lipinski definition) is 2. The van der Waals surface area contributed by atoms with E-state index in [1.807, 2.05) is 0 Å². The first-order chi connectivity index (χ1) is 9.19. The van der Waals surface area contributed by atoms with Crippen molar-refractivity contribution >= 4 is 5.91 Å². The quantitative estimate of drug-likeness (QED) is 0.755. The highest BCUT2D eigenvalue weighted by atomic mass is 16.5. The van der Waals surface area contributed by atoms with Gasteiger partial charge in [0.15, 0.2) is 0 Å². The zero-order valence-corrected chi connectivity index (χ0v) is 11.9. The second kappa shape index (κ2) is 7.22. The lowest BCUT2D eigenvalue weighted by Gasteiger charge is -2.30. The molecule has 2 saturated heterocycles. The van der Waals surface area contributed by atoms with Gasteiger partial charge in [-0.15, -0.1) is 0 Å². The van der Waals surface area contributed by atoms with Gasteiger partial charge < -0.3 is 20.7 Å². The molecule has 1 amide bonds. The minimum atomic E-state index is -0.283. The lowest BCUT2D eigenvalue weighted by molar-refractivity contribution is -0.131. The van der Waals surface area contributed by atoms with Crippen LogP contribution in [0.2, 0.25) is 0 Å². The molecule has 0 aromatic heterocycles. The SMILES string of the molecule is CC1CCCN(CCNC(=O)[C@@H]2CC[C@H](CN)O2)C1. The second-order valence-electron chi connectivity index (χ2n) is 5.90. The second-order valence-corrected chi connectivity index (χ2v) is 5.90. The minimum absolute atomic E-state index is 0.0287. The summed E-state index contributed by atoms with van der Waals surface area (Å²) in [5.41, 5.74) is 5.54. The standard InChI is InChI=1S/C14H27N3O2/c1-11-3-2-7-17(10-11)8-6-16-14(18)13-5-4-12(9-15)19-13/h11-13H,2-10,15H2,1H3,(H,16,18)/t11?,12-,13+/m1/s1. The van der Waals surface area contributed by atoms with Crippen molar-refractivity contribution in [2.75, 3.05) is 32.7 Å². The van der Waals surface area contributed by atoms with Crippen LogP contribution in [-0.4, -0.2) is 55.7 Å². The molecule has 0 aromatic carbocycles. The van der Waals surface area contributed by atoms with Gasteiger partial charge in [0.1, 0.15) is 6.10 Å². The predicted octanol–water partition coefficient (Wildman–Crippen LogP) is 0.341. The summed E-state index contributed by atoms with van der Waals surface area (Å²) in [4.78, 5) is 14.4. The summed E-state index contributed by atoms with van der Waals surface area (Å²) in [7, 11) is 0. The lowest BCUT2D eigenvalue weighted by atomic mass is 10.0. The molecule has 0 aromatic rings. The molecule has 3 atom stereocenters. The van der Waals surface area contributed by atoms with Crippen LogP contribution in [0.3, 0.4) is 0 Å². The highest BCUT2D eigenvalue weighted by Gasteiger charge is 2.29. The van der Waals surface area contributed by atoms with Crippen LogP contribution in [-0.2, 0) is 9.53 Å². The number of amides is 1. The number of nitrogens with two attached hydrogens (primary N) is 1. The van der Waals surface area contributed by atoms with Gasteiger partial charge in [-0.25, -0.2) is 0 Å². The molecule has 19 heavy (non-hydrogen) atoms. The van der Waals surface area contributed by atoms with Crippen LogP contribution in [0.4, 0.5) is 0 Å². The molecular weight excluding hydrogens is 242 g/mol. The lowest BCUT2D eigenvalue weighted by Crippen LogP contribution is -2.42. The monoisotopic (exact) mass is 269 g/mol. The first-order valence-electron chi connectivity index (χ1n) is 7.54. The molecule has 5 nitrogen and oxygen atoms in total. The number of nitrogens with one attached hydrogen (secondary N) is 1. The average Bonchev–Trinajstić information content (AvgIpc) is 2.87. The van der Waals surface area contributed by atoms with Crippen molar-refractivity contribution in [2.45, 2.75) is 44.8 Å². The fraction of sp³-hybridized carbons (Fsp3) is 0.929. The van der Waals surface area contributed by atoms with Crippen LogP contribution in [0.1, 0.15) is 32.6 Å². The van der Waals surface area contributed by atoms with Crippen molar-refractivity contribution in [2.24, 2.45) is 11.7 Å². The first-order valence-corrected chi connectivity index (χ1v) is 7.54. The molecule has 0 spiro atoms. The summed E-state index contributed by atoms with van der Waals surface area (Å²) in [5.74, 6) is 0.814. The molecule has 2 heterocycles. The van der Waals surface area contributed by atoms with E-state index in [1.54, 1.807) is 0 Å². The van der Waals surface area contributed by atoms with Crippen LogP contribution in [0.25, 0.3) is 0 Å². The van der Waals surface area contributed by atoms with E-state index in [0.29, 0.717) is 6.54 Å². The normalized spacial score (nSPS) is 32.4. The van der Waals surface area contributed by atoms with Gasteiger partial charge in [0.2, 0.25) is 5.91 Å². The van der Waals surface area contributed by atoms with Crippen molar-refractivity contribution in [1.29, 1.82) is 0 Å². The number of likely N-dealkylation sites (tertiary alicyclic amines) is 1. The zero-order chi connectivity index (χ0) is 13.7. The van der Waals surface area contributed by atoms with Gasteiger partial charge in [-0.1, -0.05) is 6.92 Å². The summed E-state index contributed by atoms with van der Waals surface area (Å²) >= 11 is 0. The molecule has 110 valence electrons. The molecule has 2 rings (SSSR count). The number of nitrogens with zero attached hydrogens (tertiary/aromatic N) is 1. The molecule has 0 aliphatic carbocycles. The summed E-state index contributed by atoms with van der Waals surface area (Å²) in [6.45, 7) is 6.79. The van der Waals surface area contributed by atoms with Crippen LogP contribution in [0.15, 0.2) is 0 Å². The van der Waals surface area contributed by atoms with Gasteiger partial charge in [0.25, 0.3) is 0 Å². The molecule has 1 unspecified atom stereocenters. The van der Waals surface area contributed by atoms with Crippen molar-refractivity contribution in [3.8, 4) is 0 Å². The van der Waals surface area contributed by atoms with Gasteiger partial charge in [-0.3, -0.25) is 4.79 Å². The largest absolute Gasteiger partial charge is 0.364 e. The fourth-order valence-electron chi connectivity index (χ4n) is 3.01. The fourth-order valence-corrected chi connectivity index (χ4v) is 3.01. The molecule has 3 N–H and O–H groups in total. The Bertz CT molecular complexity index is 298. The molecule has 2 fully saturated rings. The third kappa shape index (κ3) is 4.44. The molecule has 0 bridgehead atoms. The molecule has 5 heteroatoms. The van der Waals surface area contributed by atoms with Gasteiger partial charge in [0, 0.05) is 26.2 Å². The topological polar surface area (TPSA) is 67.6 Å². The molecule has 2 aliphatic rings. The third-order valence-corrected chi connectivity index (χ3v) is 4.13. The summed E-state index contributed by atoms with van der Waals surface area (Å²) in [5, 5.41) is 2.98. The van der Waals surface area contributed by atoms with E-state index < -0.39 is 0 Å². The van der Waals surface area contributed by atoms with E-state index in [1.165, 1.54) is 12.8 Å². The van der Waals surface area contributed by atoms with Crippen LogP contribution < -0.4 is 11.1 Å². The maximum absolute atomic E-state index is 11.9. The predicted molar refractivity (Wildman–Crippen MR) is 74.8 cm³/mol. The Morgan fingerprint density at radius 2 is 2.26 bits per heavy atom. The maximum atomic E-state index is 11.9. The van der Waals surface area contributed by atoms with Crippen molar-refractivity contribution in [3.05, 3.63) is 0 Å². The van der Waals surface area contributed by atoms with E-state index in [4.69, 9.17) is 10.5 Å². The van der Waals surface area contributed by atoms with Crippen LogP contribution in [0.5, 0.6) is 0 Å². The molecule has 0 saturated carbocycles.